The van der Waals surface area contributed by atoms with E-state index in [1.807, 2.05) is 0 Å². The SMILES string of the molecule is CC(NC1CCNCC1C)c1ccccc1. The van der Waals surface area contributed by atoms with Crippen molar-refractivity contribution in [2.24, 2.45) is 5.92 Å². The zero-order valence-corrected chi connectivity index (χ0v) is 10.2. The summed E-state index contributed by atoms with van der Waals surface area (Å²) >= 11 is 0. The highest BCUT2D eigenvalue weighted by atomic mass is 15.0. The van der Waals surface area contributed by atoms with Gasteiger partial charge in [-0.2, -0.15) is 0 Å². The molecule has 1 aliphatic rings. The van der Waals surface area contributed by atoms with E-state index in [0.717, 1.165) is 19.0 Å². The maximum absolute atomic E-state index is 3.74. The Labute approximate surface area is 98.4 Å². The highest BCUT2D eigenvalue weighted by molar-refractivity contribution is 5.18. The Kier molecular flexibility index (Phi) is 3.97. The first kappa shape index (κ1) is 11.6. The molecule has 1 fully saturated rings. The fourth-order valence-corrected chi connectivity index (χ4v) is 2.42. The first-order valence-electron chi connectivity index (χ1n) is 6.29. The number of piperidine rings is 1. The molecule has 16 heavy (non-hydrogen) atoms. The molecule has 1 aromatic carbocycles. The normalized spacial score (nSPS) is 27.6. The number of nitrogens with one attached hydrogen (secondary N) is 2. The predicted octanol–water partition coefficient (Wildman–Crippen LogP) is 2.34. The second kappa shape index (κ2) is 5.46. The molecule has 1 aliphatic heterocycles. The van der Waals surface area contributed by atoms with Gasteiger partial charge in [-0.15, -0.1) is 0 Å². The predicted molar refractivity (Wildman–Crippen MR) is 68.4 cm³/mol. The maximum Gasteiger partial charge on any atom is 0.0294 e. The Bertz CT molecular complexity index is 310. The number of hydrogen-bond donors (Lipinski definition) is 2. The van der Waals surface area contributed by atoms with Crippen LogP contribution in [0.3, 0.4) is 0 Å². The van der Waals surface area contributed by atoms with Gasteiger partial charge in [-0.1, -0.05) is 37.3 Å². The summed E-state index contributed by atoms with van der Waals surface area (Å²) in [4.78, 5) is 0. The van der Waals surface area contributed by atoms with Crippen LogP contribution in [0.15, 0.2) is 30.3 Å². The van der Waals surface area contributed by atoms with E-state index in [2.05, 4.69) is 54.8 Å². The third-order valence-electron chi connectivity index (χ3n) is 3.55. The van der Waals surface area contributed by atoms with Crippen molar-refractivity contribution >= 4 is 0 Å². The van der Waals surface area contributed by atoms with Crippen molar-refractivity contribution in [3.8, 4) is 0 Å². The van der Waals surface area contributed by atoms with E-state index in [9.17, 15) is 0 Å². The molecule has 0 aliphatic carbocycles. The first-order valence-corrected chi connectivity index (χ1v) is 6.29. The fraction of sp³-hybridized carbons (Fsp3) is 0.571. The van der Waals surface area contributed by atoms with Crippen molar-refractivity contribution in [1.82, 2.24) is 10.6 Å². The molecule has 2 N–H and O–H groups in total. The Morgan fingerprint density at radius 3 is 2.75 bits per heavy atom. The maximum atomic E-state index is 3.74. The number of rotatable bonds is 3. The summed E-state index contributed by atoms with van der Waals surface area (Å²) < 4.78 is 0. The van der Waals surface area contributed by atoms with Crippen LogP contribution in [-0.2, 0) is 0 Å². The van der Waals surface area contributed by atoms with E-state index in [4.69, 9.17) is 0 Å². The van der Waals surface area contributed by atoms with E-state index in [1.54, 1.807) is 0 Å². The highest BCUT2D eigenvalue weighted by Gasteiger charge is 2.22. The van der Waals surface area contributed by atoms with Gasteiger partial charge in [0.1, 0.15) is 0 Å². The lowest BCUT2D eigenvalue weighted by atomic mass is 9.94. The minimum absolute atomic E-state index is 0.451. The molecule has 0 spiro atoms. The van der Waals surface area contributed by atoms with Crippen molar-refractivity contribution in [2.75, 3.05) is 13.1 Å². The van der Waals surface area contributed by atoms with Crippen molar-refractivity contribution in [1.29, 1.82) is 0 Å². The van der Waals surface area contributed by atoms with Crippen LogP contribution < -0.4 is 10.6 Å². The van der Waals surface area contributed by atoms with Gasteiger partial charge in [0, 0.05) is 12.1 Å². The summed E-state index contributed by atoms with van der Waals surface area (Å²) in [5, 5.41) is 7.18. The average Bonchev–Trinajstić information content (AvgIpc) is 2.33. The van der Waals surface area contributed by atoms with Crippen LogP contribution >= 0.6 is 0 Å². The smallest absolute Gasteiger partial charge is 0.0294 e. The second-order valence-electron chi connectivity index (χ2n) is 4.88. The zero-order valence-electron chi connectivity index (χ0n) is 10.2. The molecule has 0 amide bonds. The summed E-state index contributed by atoms with van der Waals surface area (Å²) in [5.74, 6) is 0.722. The molecule has 2 rings (SSSR count). The van der Waals surface area contributed by atoms with Gasteiger partial charge in [0.05, 0.1) is 0 Å². The topological polar surface area (TPSA) is 24.1 Å². The Morgan fingerprint density at radius 2 is 2.06 bits per heavy atom. The minimum Gasteiger partial charge on any atom is -0.316 e. The molecular weight excluding hydrogens is 196 g/mol. The van der Waals surface area contributed by atoms with Crippen LogP contribution in [0.2, 0.25) is 0 Å². The summed E-state index contributed by atoms with van der Waals surface area (Å²) in [5.41, 5.74) is 1.38. The van der Waals surface area contributed by atoms with E-state index in [-0.39, 0.29) is 0 Å². The molecule has 0 radical (unpaired) electrons. The monoisotopic (exact) mass is 218 g/mol. The molecule has 1 heterocycles. The Balaban J connectivity index is 1.94. The lowest BCUT2D eigenvalue weighted by Crippen LogP contribution is -2.47. The van der Waals surface area contributed by atoms with Gasteiger partial charge in [0.2, 0.25) is 0 Å². The average molecular weight is 218 g/mol. The van der Waals surface area contributed by atoms with E-state index in [0.29, 0.717) is 12.1 Å². The third kappa shape index (κ3) is 2.83. The van der Waals surface area contributed by atoms with Crippen LogP contribution in [-0.4, -0.2) is 19.1 Å². The van der Waals surface area contributed by atoms with E-state index in [1.165, 1.54) is 12.0 Å². The molecule has 3 unspecified atom stereocenters. The van der Waals surface area contributed by atoms with E-state index >= 15 is 0 Å². The summed E-state index contributed by atoms with van der Waals surface area (Å²) in [7, 11) is 0. The van der Waals surface area contributed by atoms with Gasteiger partial charge in [-0.3, -0.25) is 0 Å². The number of benzene rings is 1. The molecule has 3 atom stereocenters. The van der Waals surface area contributed by atoms with Crippen LogP contribution in [0.25, 0.3) is 0 Å². The molecule has 2 nitrogen and oxygen atoms in total. The summed E-state index contributed by atoms with van der Waals surface area (Å²) in [6.07, 6.45) is 1.23. The Hall–Kier alpha value is -0.860. The van der Waals surface area contributed by atoms with Crippen LogP contribution in [0.1, 0.15) is 31.9 Å². The molecule has 0 aromatic heterocycles. The Morgan fingerprint density at radius 1 is 1.31 bits per heavy atom. The van der Waals surface area contributed by atoms with Gasteiger partial charge in [0.25, 0.3) is 0 Å². The highest BCUT2D eigenvalue weighted by Crippen LogP contribution is 2.17. The van der Waals surface area contributed by atoms with E-state index < -0.39 is 0 Å². The van der Waals surface area contributed by atoms with Gasteiger partial charge in [-0.05, 0) is 37.9 Å². The van der Waals surface area contributed by atoms with Crippen molar-refractivity contribution in [3.63, 3.8) is 0 Å². The van der Waals surface area contributed by atoms with Gasteiger partial charge >= 0.3 is 0 Å². The standard InChI is InChI=1S/C14H22N2/c1-11-10-15-9-8-14(11)16-12(2)13-6-4-3-5-7-13/h3-7,11-12,14-16H,8-10H2,1-2H3. The largest absolute Gasteiger partial charge is 0.316 e. The summed E-state index contributed by atoms with van der Waals surface area (Å²) in [6, 6.07) is 11.8. The molecule has 88 valence electrons. The molecule has 1 aromatic rings. The first-order chi connectivity index (χ1) is 7.77. The van der Waals surface area contributed by atoms with Gasteiger partial charge in [-0.25, -0.2) is 0 Å². The zero-order chi connectivity index (χ0) is 11.4. The minimum atomic E-state index is 0.451. The van der Waals surface area contributed by atoms with Gasteiger partial charge < -0.3 is 10.6 Å². The van der Waals surface area contributed by atoms with Gasteiger partial charge in [0.15, 0.2) is 0 Å². The second-order valence-corrected chi connectivity index (χ2v) is 4.88. The molecular formula is C14H22N2. The lowest BCUT2D eigenvalue weighted by Gasteiger charge is -2.33. The van der Waals surface area contributed by atoms with Crippen LogP contribution in [0, 0.1) is 5.92 Å². The quantitative estimate of drug-likeness (QED) is 0.813. The van der Waals surface area contributed by atoms with Crippen LogP contribution in [0.5, 0.6) is 0 Å². The van der Waals surface area contributed by atoms with Crippen molar-refractivity contribution < 1.29 is 0 Å². The molecule has 1 saturated heterocycles. The fourth-order valence-electron chi connectivity index (χ4n) is 2.42. The van der Waals surface area contributed by atoms with Crippen LogP contribution in [0.4, 0.5) is 0 Å². The number of hydrogen-bond acceptors (Lipinski definition) is 2. The molecule has 2 heteroatoms. The van der Waals surface area contributed by atoms with Crippen molar-refractivity contribution in [3.05, 3.63) is 35.9 Å². The summed E-state index contributed by atoms with van der Waals surface area (Å²) in [6.45, 7) is 6.86. The third-order valence-corrected chi connectivity index (χ3v) is 3.55. The van der Waals surface area contributed by atoms with Crippen molar-refractivity contribution in [2.45, 2.75) is 32.4 Å². The molecule has 0 bridgehead atoms. The molecule has 0 saturated carbocycles. The lowest BCUT2D eigenvalue weighted by molar-refractivity contribution is 0.278.